The Bertz CT molecular complexity index is 105. The molecule has 0 fully saturated rings. The van der Waals surface area contributed by atoms with E-state index in [-0.39, 0.29) is 0 Å². The van der Waals surface area contributed by atoms with E-state index in [1.807, 2.05) is 0 Å². The van der Waals surface area contributed by atoms with Crippen LogP contribution in [0.5, 0.6) is 0 Å². The lowest BCUT2D eigenvalue weighted by molar-refractivity contribution is 0.680. The van der Waals surface area contributed by atoms with Crippen LogP contribution in [0.2, 0.25) is 0 Å². The van der Waals surface area contributed by atoms with E-state index < -0.39 is 0 Å². The first-order chi connectivity index (χ1) is 5.31. The molecule has 0 aromatic carbocycles. The third-order valence-electron chi connectivity index (χ3n) is 1.83. The molecule has 0 atom stereocenters. The number of nitrogens with one attached hydrogen (secondary N) is 1. The molecule has 1 N–H and O–H groups in total. The first-order valence-electron chi connectivity index (χ1n) is 4.70. The Morgan fingerprint density at radius 1 is 1.27 bits per heavy atom. The Balaban J connectivity index is 3.12. The van der Waals surface area contributed by atoms with Crippen molar-refractivity contribution in [3.8, 4) is 0 Å². The van der Waals surface area contributed by atoms with Crippen molar-refractivity contribution in [3.63, 3.8) is 0 Å². The molecule has 0 aromatic heterocycles. The van der Waals surface area contributed by atoms with Crippen LogP contribution in [0.4, 0.5) is 0 Å². The maximum atomic E-state index is 3.31. The monoisotopic (exact) mass is 155 g/mol. The molecule has 66 valence electrons. The highest BCUT2D eigenvalue weighted by atomic mass is 14.8. The first-order valence-corrected chi connectivity index (χ1v) is 4.70. The lowest BCUT2D eigenvalue weighted by Gasteiger charge is -2.00. The maximum absolute atomic E-state index is 3.31. The topological polar surface area (TPSA) is 12.0 Å². The second kappa shape index (κ2) is 7.64. The number of hydrogen-bond donors (Lipinski definition) is 1. The normalized spacial score (nSPS) is 11.7. The minimum Gasteiger partial charge on any atom is -0.391 e. The van der Waals surface area contributed by atoms with Gasteiger partial charge in [0.2, 0.25) is 0 Å². The summed E-state index contributed by atoms with van der Waals surface area (Å²) < 4.78 is 0. The summed E-state index contributed by atoms with van der Waals surface area (Å²) in [5.41, 5.74) is 1.43. The highest BCUT2D eigenvalue weighted by molar-refractivity contribution is 4.94. The van der Waals surface area contributed by atoms with Crippen molar-refractivity contribution in [2.75, 3.05) is 6.54 Å². The van der Waals surface area contributed by atoms with Crippen LogP contribution < -0.4 is 5.32 Å². The predicted molar refractivity (Wildman–Crippen MR) is 51.6 cm³/mol. The minimum atomic E-state index is 1.13. The van der Waals surface area contributed by atoms with Gasteiger partial charge < -0.3 is 5.32 Å². The average Bonchev–Trinajstić information content (AvgIpc) is 2.04. The van der Waals surface area contributed by atoms with Crippen LogP contribution in [-0.2, 0) is 0 Å². The predicted octanol–water partition coefficient (Wildman–Crippen LogP) is 3.08. The molecule has 0 spiro atoms. The molecule has 0 aliphatic carbocycles. The van der Waals surface area contributed by atoms with Crippen molar-refractivity contribution >= 4 is 0 Å². The zero-order valence-electron chi connectivity index (χ0n) is 8.11. The third kappa shape index (κ3) is 7.44. The average molecular weight is 155 g/mol. The minimum absolute atomic E-state index is 1.13. The molecule has 0 amide bonds. The van der Waals surface area contributed by atoms with E-state index in [1.54, 1.807) is 0 Å². The Kier molecular flexibility index (Phi) is 7.33. The van der Waals surface area contributed by atoms with E-state index in [2.05, 4.69) is 32.3 Å². The van der Waals surface area contributed by atoms with Crippen LogP contribution in [0, 0.1) is 0 Å². The SMILES string of the molecule is CCCCCN/C=C(\C)CC. The van der Waals surface area contributed by atoms with Crippen molar-refractivity contribution in [1.29, 1.82) is 0 Å². The van der Waals surface area contributed by atoms with Crippen LogP contribution in [0.25, 0.3) is 0 Å². The number of unbranched alkanes of at least 4 members (excludes halogenated alkanes) is 2. The molecule has 1 heteroatoms. The summed E-state index contributed by atoms with van der Waals surface area (Å²) in [5, 5.41) is 3.31. The Morgan fingerprint density at radius 3 is 2.55 bits per heavy atom. The fraction of sp³-hybridized carbons (Fsp3) is 0.800. The summed E-state index contributed by atoms with van der Waals surface area (Å²) in [6.45, 7) is 7.70. The molecule has 0 bridgehead atoms. The maximum Gasteiger partial charge on any atom is 0.0141 e. The van der Waals surface area contributed by atoms with Crippen LogP contribution in [-0.4, -0.2) is 6.54 Å². The highest BCUT2D eigenvalue weighted by Gasteiger charge is 1.84. The van der Waals surface area contributed by atoms with Crippen molar-refractivity contribution in [2.24, 2.45) is 0 Å². The van der Waals surface area contributed by atoms with Crippen molar-refractivity contribution in [1.82, 2.24) is 5.32 Å². The quantitative estimate of drug-likeness (QED) is 0.581. The lowest BCUT2D eigenvalue weighted by atomic mass is 10.2. The molecule has 0 heterocycles. The lowest BCUT2D eigenvalue weighted by Crippen LogP contribution is -2.07. The van der Waals surface area contributed by atoms with E-state index >= 15 is 0 Å². The van der Waals surface area contributed by atoms with E-state index in [9.17, 15) is 0 Å². The van der Waals surface area contributed by atoms with Gasteiger partial charge in [0.15, 0.2) is 0 Å². The molecule has 0 radical (unpaired) electrons. The van der Waals surface area contributed by atoms with Gasteiger partial charge in [-0.2, -0.15) is 0 Å². The molecule has 0 rings (SSSR count). The van der Waals surface area contributed by atoms with Crippen LogP contribution >= 0.6 is 0 Å². The van der Waals surface area contributed by atoms with Gasteiger partial charge in [-0.15, -0.1) is 0 Å². The Morgan fingerprint density at radius 2 is 2.00 bits per heavy atom. The second-order valence-electron chi connectivity index (χ2n) is 3.01. The van der Waals surface area contributed by atoms with Gasteiger partial charge in [0.1, 0.15) is 0 Å². The summed E-state index contributed by atoms with van der Waals surface area (Å²) in [4.78, 5) is 0. The molecule has 0 aliphatic heterocycles. The molecule has 0 saturated heterocycles. The molecule has 0 aromatic rings. The molecule has 0 aliphatic rings. The van der Waals surface area contributed by atoms with Crippen molar-refractivity contribution in [3.05, 3.63) is 11.8 Å². The zero-order valence-corrected chi connectivity index (χ0v) is 8.11. The second-order valence-corrected chi connectivity index (χ2v) is 3.01. The molecular formula is C10H21N. The molecule has 0 unspecified atom stereocenters. The van der Waals surface area contributed by atoms with Gasteiger partial charge in [0.25, 0.3) is 0 Å². The van der Waals surface area contributed by atoms with E-state index in [0.29, 0.717) is 0 Å². The largest absolute Gasteiger partial charge is 0.391 e. The third-order valence-corrected chi connectivity index (χ3v) is 1.83. The van der Waals surface area contributed by atoms with Gasteiger partial charge in [0, 0.05) is 6.54 Å². The highest BCUT2D eigenvalue weighted by Crippen LogP contribution is 1.95. The fourth-order valence-electron chi connectivity index (χ4n) is 0.826. The van der Waals surface area contributed by atoms with Gasteiger partial charge in [0.05, 0.1) is 0 Å². The van der Waals surface area contributed by atoms with E-state index in [4.69, 9.17) is 0 Å². The number of allylic oxidation sites excluding steroid dienone is 1. The smallest absolute Gasteiger partial charge is 0.0141 e. The Labute approximate surface area is 70.9 Å². The van der Waals surface area contributed by atoms with Gasteiger partial charge in [-0.3, -0.25) is 0 Å². The molecular weight excluding hydrogens is 134 g/mol. The van der Waals surface area contributed by atoms with Gasteiger partial charge in [-0.25, -0.2) is 0 Å². The van der Waals surface area contributed by atoms with Gasteiger partial charge in [-0.1, -0.05) is 32.3 Å². The standard InChI is InChI=1S/C10H21N/c1-4-6-7-8-11-9-10(3)5-2/h9,11H,4-8H2,1-3H3/b10-9+. The first kappa shape index (κ1) is 10.5. The number of hydrogen-bond acceptors (Lipinski definition) is 1. The molecule has 0 saturated carbocycles. The van der Waals surface area contributed by atoms with Crippen molar-refractivity contribution in [2.45, 2.75) is 46.5 Å². The molecule has 11 heavy (non-hydrogen) atoms. The van der Waals surface area contributed by atoms with E-state index in [0.717, 1.165) is 13.0 Å². The summed E-state index contributed by atoms with van der Waals surface area (Å²) in [5.74, 6) is 0. The summed E-state index contributed by atoms with van der Waals surface area (Å²) in [6.07, 6.45) is 7.23. The van der Waals surface area contributed by atoms with Crippen LogP contribution in [0.3, 0.4) is 0 Å². The zero-order chi connectivity index (χ0) is 8.53. The molecule has 1 nitrogen and oxygen atoms in total. The fourth-order valence-corrected chi connectivity index (χ4v) is 0.826. The summed E-state index contributed by atoms with van der Waals surface area (Å²) >= 11 is 0. The van der Waals surface area contributed by atoms with Gasteiger partial charge >= 0.3 is 0 Å². The van der Waals surface area contributed by atoms with E-state index in [1.165, 1.54) is 24.8 Å². The Hall–Kier alpha value is -0.460. The van der Waals surface area contributed by atoms with Crippen LogP contribution in [0.15, 0.2) is 11.8 Å². The van der Waals surface area contributed by atoms with Crippen molar-refractivity contribution < 1.29 is 0 Å². The summed E-state index contributed by atoms with van der Waals surface area (Å²) in [7, 11) is 0. The number of rotatable bonds is 6. The summed E-state index contributed by atoms with van der Waals surface area (Å²) in [6, 6.07) is 0. The van der Waals surface area contributed by atoms with Crippen LogP contribution in [0.1, 0.15) is 46.5 Å². The van der Waals surface area contributed by atoms with Gasteiger partial charge in [-0.05, 0) is 26.0 Å².